The Labute approximate surface area is 145 Å². The number of rotatable bonds is 6. The molecule has 0 saturated carbocycles. The molecule has 0 spiro atoms. The lowest BCUT2D eigenvalue weighted by atomic mass is 9.95. The van der Waals surface area contributed by atoms with Crippen molar-refractivity contribution in [2.24, 2.45) is 5.92 Å². The van der Waals surface area contributed by atoms with Crippen molar-refractivity contribution in [3.05, 3.63) is 30.5 Å². The van der Waals surface area contributed by atoms with Gasteiger partial charge in [0.25, 0.3) is 0 Å². The van der Waals surface area contributed by atoms with Gasteiger partial charge in [-0.05, 0) is 50.9 Å². The van der Waals surface area contributed by atoms with Gasteiger partial charge in [0.05, 0.1) is 0 Å². The summed E-state index contributed by atoms with van der Waals surface area (Å²) in [5, 5.41) is 11.1. The normalized spacial score (nSPS) is 16.2. The lowest BCUT2D eigenvalue weighted by Crippen LogP contribution is -2.38. The molecule has 1 fully saturated rings. The number of phenolic OH excluding ortho intramolecular Hbond substituents is 1. The molecule has 2 heterocycles. The predicted molar refractivity (Wildman–Crippen MR) is 101 cm³/mol. The minimum atomic E-state index is 0.266. The third kappa shape index (κ3) is 3.81. The third-order valence-corrected chi connectivity index (χ3v) is 5.15. The summed E-state index contributed by atoms with van der Waals surface area (Å²) in [6, 6.07) is 7.74. The Bertz CT molecular complexity index is 665. The number of fused-ring (bicyclic) bond motifs is 1. The number of para-hydroxylation sites is 1. The fraction of sp³-hybridized carbons (Fsp3) is 0.550. The number of nitrogens with zero attached hydrogens (tertiary/aromatic N) is 3. The van der Waals surface area contributed by atoms with Gasteiger partial charge in [-0.2, -0.15) is 0 Å². The number of aromatic hydroxyl groups is 1. The van der Waals surface area contributed by atoms with Gasteiger partial charge < -0.3 is 14.9 Å². The average molecular weight is 327 g/mol. The summed E-state index contributed by atoms with van der Waals surface area (Å²) >= 11 is 0. The Kier molecular flexibility index (Phi) is 5.56. The first-order valence-corrected chi connectivity index (χ1v) is 9.19. The smallest absolute Gasteiger partial charge is 0.141 e. The Morgan fingerprint density at radius 2 is 2.04 bits per heavy atom. The fourth-order valence-electron chi connectivity index (χ4n) is 3.74. The molecular formula is C20H29N3O. The first kappa shape index (κ1) is 17.0. The van der Waals surface area contributed by atoms with Crippen LogP contribution >= 0.6 is 0 Å². The first-order valence-electron chi connectivity index (χ1n) is 9.19. The number of hydrogen-bond acceptors (Lipinski definition) is 4. The van der Waals surface area contributed by atoms with Crippen molar-refractivity contribution in [2.75, 3.05) is 38.1 Å². The Hall–Kier alpha value is -1.81. The van der Waals surface area contributed by atoms with Crippen LogP contribution in [0.4, 0.5) is 5.69 Å². The van der Waals surface area contributed by atoms with Crippen LogP contribution in [0.1, 0.15) is 32.6 Å². The van der Waals surface area contributed by atoms with Crippen LogP contribution in [0.5, 0.6) is 5.75 Å². The van der Waals surface area contributed by atoms with E-state index in [0.29, 0.717) is 5.52 Å². The minimum Gasteiger partial charge on any atom is -0.506 e. The Morgan fingerprint density at radius 1 is 1.25 bits per heavy atom. The van der Waals surface area contributed by atoms with Crippen LogP contribution in [0.15, 0.2) is 30.5 Å². The van der Waals surface area contributed by atoms with Crippen molar-refractivity contribution in [1.82, 2.24) is 9.88 Å². The second kappa shape index (κ2) is 7.84. The molecule has 0 amide bonds. The van der Waals surface area contributed by atoms with E-state index in [4.69, 9.17) is 0 Å². The van der Waals surface area contributed by atoms with Gasteiger partial charge >= 0.3 is 0 Å². The van der Waals surface area contributed by atoms with Crippen LogP contribution in [0, 0.1) is 5.92 Å². The van der Waals surface area contributed by atoms with Crippen molar-refractivity contribution >= 4 is 16.6 Å². The van der Waals surface area contributed by atoms with Crippen LogP contribution in [0.25, 0.3) is 10.9 Å². The highest BCUT2D eigenvalue weighted by atomic mass is 16.3. The monoisotopic (exact) mass is 327 g/mol. The summed E-state index contributed by atoms with van der Waals surface area (Å²) in [7, 11) is 2.25. The van der Waals surface area contributed by atoms with Crippen LogP contribution in [0.2, 0.25) is 0 Å². The molecule has 4 heteroatoms. The molecular weight excluding hydrogens is 298 g/mol. The number of unbranched alkanes of at least 4 members (excludes halogenated alkanes) is 1. The Morgan fingerprint density at radius 3 is 2.79 bits per heavy atom. The van der Waals surface area contributed by atoms with E-state index in [0.717, 1.165) is 24.4 Å². The van der Waals surface area contributed by atoms with E-state index in [9.17, 15) is 5.11 Å². The SMILES string of the molecule is CCCCN(C)CC1CCN(c2ccnc3c(O)cccc23)CC1. The van der Waals surface area contributed by atoms with Gasteiger partial charge in [-0.1, -0.05) is 25.5 Å². The molecule has 0 unspecified atom stereocenters. The van der Waals surface area contributed by atoms with E-state index < -0.39 is 0 Å². The molecule has 130 valence electrons. The molecule has 1 N–H and O–H groups in total. The van der Waals surface area contributed by atoms with Crippen molar-refractivity contribution in [1.29, 1.82) is 0 Å². The highest BCUT2D eigenvalue weighted by Gasteiger charge is 2.22. The van der Waals surface area contributed by atoms with E-state index >= 15 is 0 Å². The molecule has 0 bridgehead atoms. The summed E-state index contributed by atoms with van der Waals surface area (Å²) in [6.07, 6.45) is 6.84. The highest BCUT2D eigenvalue weighted by molar-refractivity contribution is 5.94. The number of pyridine rings is 1. The second-order valence-corrected chi connectivity index (χ2v) is 7.05. The summed E-state index contributed by atoms with van der Waals surface area (Å²) in [6.45, 7) is 6.85. The van der Waals surface area contributed by atoms with Gasteiger partial charge in [-0.25, -0.2) is 0 Å². The van der Waals surface area contributed by atoms with Crippen LogP contribution in [0.3, 0.4) is 0 Å². The number of phenols is 1. The molecule has 4 nitrogen and oxygen atoms in total. The topological polar surface area (TPSA) is 39.6 Å². The van der Waals surface area contributed by atoms with Crippen molar-refractivity contribution in [3.63, 3.8) is 0 Å². The van der Waals surface area contributed by atoms with Crippen LogP contribution in [-0.2, 0) is 0 Å². The zero-order valence-electron chi connectivity index (χ0n) is 14.9. The van der Waals surface area contributed by atoms with Crippen molar-refractivity contribution in [2.45, 2.75) is 32.6 Å². The lowest BCUT2D eigenvalue weighted by Gasteiger charge is -2.35. The molecule has 3 rings (SSSR count). The third-order valence-electron chi connectivity index (χ3n) is 5.15. The maximum atomic E-state index is 10.0. The van der Waals surface area contributed by atoms with Gasteiger partial charge in [0.1, 0.15) is 11.3 Å². The molecule has 24 heavy (non-hydrogen) atoms. The largest absolute Gasteiger partial charge is 0.506 e. The molecule has 0 radical (unpaired) electrons. The average Bonchev–Trinajstić information content (AvgIpc) is 2.61. The fourth-order valence-corrected chi connectivity index (χ4v) is 3.74. The van der Waals surface area contributed by atoms with E-state index in [1.807, 2.05) is 12.3 Å². The minimum absolute atomic E-state index is 0.266. The molecule has 1 aliphatic heterocycles. The van der Waals surface area contributed by atoms with E-state index in [1.54, 1.807) is 6.07 Å². The van der Waals surface area contributed by atoms with E-state index in [2.05, 4.69) is 40.9 Å². The number of piperidine rings is 1. The van der Waals surface area contributed by atoms with E-state index in [-0.39, 0.29) is 5.75 Å². The number of benzene rings is 1. The van der Waals surface area contributed by atoms with Crippen molar-refractivity contribution in [3.8, 4) is 5.75 Å². The molecule has 1 aromatic carbocycles. The number of anilines is 1. The van der Waals surface area contributed by atoms with Gasteiger partial charge in [-0.3, -0.25) is 4.98 Å². The molecule has 1 aromatic heterocycles. The van der Waals surface area contributed by atoms with Gasteiger partial charge in [0, 0.05) is 36.9 Å². The summed E-state index contributed by atoms with van der Waals surface area (Å²) in [4.78, 5) is 9.28. The molecule has 1 aliphatic rings. The number of hydrogen-bond donors (Lipinski definition) is 1. The van der Waals surface area contributed by atoms with Gasteiger partial charge in [0.2, 0.25) is 0 Å². The summed E-state index contributed by atoms with van der Waals surface area (Å²) in [5.74, 6) is 1.06. The zero-order valence-corrected chi connectivity index (χ0v) is 14.9. The number of aromatic nitrogens is 1. The van der Waals surface area contributed by atoms with E-state index in [1.165, 1.54) is 44.5 Å². The molecule has 0 aliphatic carbocycles. The van der Waals surface area contributed by atoms with Gasteiger partial charge in [-0.15, -0.1) is 0 Å². The maximum absolute atomic E-state index is 10.0. The summed E-state index contributed by atoms with van der Waals surface area (Å²) in [5.41, 5.74) is 1.91. The van der Waals surface area contributed by atoms with Crippen LogP contribution in [-0.4, -0.2) is 48.2 Å². The summed E-state index contributed by atoms with van der Waals surface area (Å²) < 4.78 is 0. The maximum Gasteiger partial charge on any atom is 0.141 e. The standard InChI is InChI=1S/C20H29N3O/c1-3-4-12-22(2)15-16-9-13-23(14-10-16)18-8-11-21-20-17(18)6-5-7-19(20)24/h5-8,11,16,24H,3-4,9-10,12-15H2,1-2H3. The zero-order chi connectivity index (χ0) is 16.9. The predicted octanol–water partition coefficient (Wildman–Crippen LogP) is 3.89. The Balaban J connectivity index is 1.64. The highest BCUT2D eigenvalue weighted by Crippen LogP contribution is 2.32. The quantitative estimate of drug-likeness (QED) is 0.874. The molecule has 1 saturated heterocycles. The lowest BCUT2D eigenvalue weighted by molar-refractivity contribution is 0.246. The van der Waals surface area contributed by atoms with Crippen LogP contribution < -0.4 is 4.90 Å². The second-order valence-electron chi connectivity index (χ2n) is 7.05. The van der Waals surface area contributed by atoms with Crippen molar-refractivity contribution < 1.29 is 5.11 Å². The van der Waals surface area contributed by atoms with Gasteiger partial charge in [0.15, 0.2) is 0 Å². The first-order chi connectivity index (χ1) is 11.7. The molecule has 0 atom stereocenters. The molecule has 2 aromatic rings.